The summed E-state index contributed by atoms with van der Waals surface area (Å²) in [6.07, 6.45) is 2.43. The molecule has 0 bridgehead atoms. The fraction of sp³-hybridized carbons (Fsp3) is 0.467. The summed E-state index contributed by atoms with van der Waals surface area (Å²) in [5.74, 6) is -0.0972. The summed E-state index contributed by atoms with van der Waals surface area (Å²) in [4.78, 5) is 25.4. The molecule has 0 fully saturated rings. The van der Waals surface area contributed by atoms with Crippen molar-refractivity contribution in [3.05, 3.63) is 29.3 Å². The molecule has 0 saturated heterocycles. The van der Waals surface area contributed by atoms with Crippen LogP contribution in [-0.4, -0.2) is 43.9 Å². The Hall–Kier alpha value is -1.88. The number of unbranched alkanes of at least 4 members (excludes halogenated alkanes) is 1. The van der Waals surface area contributed by atoms with E-state index in [9.17, 15) is 9.59 Å². The van der Waals surface area contributed by atoms with Gasteiger partial charge >= 0.3 is 0 Å². The first-order valence-corrected chi connectivity index (χ1v) is 6.92. The summed E-state index contributed by atoms with van der Waals surface area (Å²) in [6, 6.07) is 5.36. The summed E-state index contributed by atoms with van der Waals surface area (Å²) in [6.45, 7) is 1.71. The van der Waals surface area contributed by atoms with Gasteiger partial charge in [-0.1, -0.05) is 6.07 Å². The van der Waals surface area contributed by atoms with Crippen molar-refractivity contribution in [3.8, 4) is 0 Å². The van der Waals surface area contributed by atoms with E-state index < -0.39 is 0 Å². The third-order valence-corrected chi connectivity index (χ3v) is 3.31. The number of anilines is 1. The first-order chi connectivity index (χ1) is 9.56. The molecule has 0 radical (unpaired) electrons. The SMILES string of the molecule is CN(C)CCCCNC(=O)c1ccc2c(c1)NC(=O)C2. The van der Waals surface area contributed by atoms with E-state index in [4.69, 9.17) is 0 Å². The molecule has 1 aliphatic rings. The maximum Gasteiger partial charge on any atom is 0.251 e. The van der Waals surface area contributed by atoms with Crippen LogP contribution in [0.4, 0.5) is 5.69 Å². The predicted octanol–water partition coefficient (Wildman–Crippen LogP) is 1.25. The number of hydrogen-bond donors (Lipinski definition) is 2. The third-order valence-electron chi connectivity index (χ3n) is 3.31. The molecule has 0 spiro atoms. The van der Waals surface area contributed by atoms with Crippen LogP contribution in [0, 0.1) is 0 Å². The molecule has 5 heteroatoms. The molecule has 20 heavy (non-hydrogen) atoms. The average Bonchev–Trinajstić information content (AvgIpc) is 2.76. The lowest BCUT2D eigenvalue weighted by molar-refractivity contribution is -0.115. The summed E-state index contributed by atoms with van der Waals surface area (Å²) < 4.78 is 0. The van der Waals surface area contributed by atoms with E-state index in [0.717, 1.165) is 30.6 Å². The summed E-state index contributed by atoms with van der Waals surface area (Å²) in [5, 5.41) is 5.66. The van der Waals surface area contributed by atoms with Crippen LogP contribution in [0.15, 0.2) is 18.2 Å². The number of benzene rings is 1. The zero-order valence-electron chi connectivity index (χ0n) is 12.0. The normalized spacial score (nSPS) is 13.2. The van der Waals surface area contributed by atoms with Crippen LogP contribution in [-0.2, 0) is 11.2 Å². The lowest BCUT2D eigenvalue weighted by Crippen LogP contribution is -2.25. The highest BCUT2D eigenvalue weighted by atomic mass is 16.2. The fourth-order valence-corrected chi connectivity index (χ4v) is 2.21. The highest BCUT2D eigenvalue weighted by Crippen LogP contribution is 2.23. The zero-order chi connectivity index (χ0) is 14.5. The topological polar surface area (TPSA) is 61.4 Å². The Balaban J connectivity index is 1.81. The molecule has 108 valence electrons. The molecule has 1 aliphatic heterocycles. The molecule has 0 saturated carbocycles. The molecule has 1 aromatic carbocycles. The van der Waals surface area contributed by atoms with Crippen molar-refractivity contribution in [2.75, 3.05) is 32.5 Å². The van der Waals surface area contributed by atoms with Gasteiger partial charge in [-0.3, -0.25) is 9.59 Å². The number of nitrogens with zero attached hydrogens (tertiary/aromatic N) is 1. The Labute approximate surface area is 119 Å². The minimum absolute atomic E-state index is 0.0127. The Morgan fingerprint density at radius 2 is 2.15 bits per heavy atom. The number of amides is 2. The maximum absolute atomic E-state index is 12.0. The Kier molecular flexibility index (Phi) is 4.74. The maximum atomic E-state index is 12.0. The largest absolute Gasteiger partial charge is 0.352 e. The number of hydrogen-bond acceptors (Lipinski definition) is 3. The summed E-state index contributed by atoms with van der Waals surface area (Å²) >= 11 is 0. The van der Waals surface area contributed by atoms with Crippen molar-refractivity contribution in [1.82, 2.24) is 10.2 Å². The fourth-order valence-electron chi connectivity index (χ4n) is 2.21. The zero-order valence-corrected chi connectivity index (χ0v) is 12.0. The van der Waals surface area contributed by atoms with Gasteiger partial charge in [0.25, 0.3) is 5.91 Å². The van der Waals surface area contributed by atoms with Crippen molar-refractivity contribution in [3.63, 3.8) is 0 Å². The second kappa shape index (κ2) is 6.52. The van der Waals surface area contributed by atoms with Crippen molar-refractivity contribution in [2.24, 2.45) is 0 Å². The molecule has 0 atom stereocenters. The van der Waals surface area contributed by atoms with E-state index in [1.54, 1.807) is 12.1 Å². The Bertz CT molecular complexity index is 512. The minimum atomic E-state index is -0.0844. The van der Waals surface area contributed by atoms with Gasteiger partial charge in [-0.25, -0.2) is 0 Å². The van der Waals surface area contributed by atoms with E-state index in [0.29, 0.717) is 18.5 Å². The smallest absolute Gasteiger partial charge is 0.251 e. The van der Waals surface area contributed by atoms with Gasteiger partial charge in [0, 0.05) is 17.8 Å². The van der Waals surface area contributed by atoms with E-state index in [1.807, 2.05) is 20.2 Å². The molecule has 0 aliphatic carbocycles. The molecule has 2 rings (SSSR count). The molecule has 0 unspecified atom stereocenters. The number of nitrogens with one attached hydrogen (secondary N) is 2. The molecule has 2 amide bonds. The average molecular weight is 275 g/mol. The lowest BCUT2D eigenvalue weighted by Gasteiger charge is -2.10. The van der Waals surface area contributed by atoms with Crippen LogP contribution < -0.4 is 10.6 Å². The van der Waals surface area contributed by atoms with Crippen LogP contribution in [0.25, 0.3) is 0 Å². The van der Waals surface area contributed by atoms with E-state index in [-0.39, 0.29) is 11.8 Å². The number of carbonyl (C=O) groups excluding carboxylic acids is 2. The molecule has 0 aromatic heterocycles. The van der Waals surface area contributed by atoms with Crippen molar-refractivity contribution in [1.29, 1.82) is 0 Å². The van der Waals surface area contributed by atoms with Crippen molar-refractivity contribution >= 4 is 17.5 Å². The molecule has 2 N–H and O–H groups in total. The molecular formula is C15H21N3O2. The van der Waals surface area contributed by atoms with Crippen molar-refractivity contribution < 1.29 is 9.59 Å². The van der Waals surface area contributed by atoms with E-state index in [1.165, 1.54) is 0 Å². The minimum Gasteiger partial charge on any atom is -0.352 e. The van der Waals surface area contributed by atoms with Gasteiger partial charge in [0.05, 0.1) is 6.42 Å². The first-order valence-electron chi connectivity index (χ1n) is 6.92. The van der Waals surface area contributed by atoms with E-state index >= 15 is 0 Å². The van der Waals surface area contributed by atoms with Gasteiger partial charge in [0.2, 0.25) is 5.91 Å². The highest BCUT2D eigenvalue weighted by molar-refractivity contribution is 6.02. The quantitative estimate of drug-likeness (QED) is 0.768. The highest BCUT2D eigenvalue weighted by Gasteiger charge is 2.18. The second-order valence-corrected chi connectivity index (χ2v) is 5.36. The Morgan fingerprint density at radius 1 is 1.35 bits per heavy atom. The van der Waals surface area contributed by atoms with Crippen LogP contribution in [0.1, 0.15) is 28.8 Å². The number of rotatable bonds is 6. The van der Waals surface area contributed by atoms with Crippen LogP contribution in [0.3, 0.4) is 0 Å². The third kappa shape index (κ3) is 3.81. The Morgan fingerprint density at radius 3 is 2.90 bits per heavy atom. The van der Waals surface area contributed by atoms with Crippen LogP contribution in [0.2, 0.25) is 0 Å². The van der Waals surface area contributed by atoms with Crippen LogP contribution in [0.5, 0.6) is 0 Å². The number of carbonyl (C=O) groups is 2. The predicted molar refractivity (Wildman–Crippen MR) is 78.9 cm³/mol. The van der Waals surface area contributed by atoms with Gasteiger partial charge in [-0.15, -0.1) is 0 Å². The van der Waals surface area contributed by atoms with Crippen molar-refractivity contribution in [2.45, 2.75) is 19.3 Å². The molecule has 5 nitrogen and oxygen atoms in total. The van der Waals surface area contributed by atoms with Gasteiger partial charge in [-0.2, -0.15) is 0 Å². The van der Waals surface area contributed by atoms with Gasteiger partial charge in [0.15, 0.2) is 0 Å². The molecule has 1 aromatic rings. The number of fused-ring (bicyclic) bond motifs is 1. The van der Waals surface area contributed by atoms with E-state index in [2.05, 4.69) is 15.5 Å². The second-order valence-electron chi connectivity index (χ2n) is 5.36. The summed E-state index contributed by atoms with van der Waals surface area (Å²) in [7, 11) is 4.08. The molecular weight excluding hydrogens is 254 g/mol. The molecule has 1 heterocycles. The first kappa shape index (κ1) is 14.5. The summed E-state index contributed by atoms with van der Waals surface area (Å²) in [5.41, 5.74) is 2.31. The van der Waals surface area contributed by atoms with Gasteiger partial charge < -0.3 is 15.5 Å². The monoisotopic (exact) mass is 275 g/mol. The van der Waals surface area contributed by atoms with Gasteiger partial charge in [-0.05, 0) is 51.2 Å². The standard InChI is InChI=1S/C15H21N3O2/c1-18(2)8-4-3-7-16-15(20)12-6-5-11-10-14(19)17-13(11)9-12/h5-6,9H,3-4,7-8,10H2,1-2H3,(H,16,20)(H,17,19). The lowest BCUT2D eigenvalue weighted by atomic mass is 10.1. The van der Waals surface area contributed by atoms with Crippen LogP contribution >= 0.6 is 0 Å². The van der Waals surface area contributed by atoms with Gasteiger partial charge in [0.1, 0.15) is 0 Å².